The maximum atomic E-state index is 13.4. The Hall–Kier alpha value is -1.66. The fourth-order valence-electron chi connectivity index (χ4n) is 4.34. The third-order valence-corrected chi connectivity index (χ3v) is 8.20. The molecule has 1 aromatic rings. The van der Waals surface area contributed by atoms with E-state index < -0.39 is 38.1 Å². The first kappa shape index (κ1) is 26.9. The molecule has 2 fully saturated rings. The van der Waals surface area contributed by atoms with Crippen molar-refractivity contribution in [2.75, 3.05) is 26.2 Å². The highest BCUT2D eigenvalue weighted by molar-refractivity contribution is 9.10. The Balaban J connectivity index is 1.60. The van der Waals surface area contributed by atoms with Gasteiger partial charge < -0.3 is 9.80 Å². The molecule has 0 saturated carbocycles. The molecule has 2 aliphatic heterocycles. The summed E-state index contributed by atoms with van der Waals surface area (Å²) in [4.78, 5) is 27.9. The molecule has 0 spiro atoms. The van der Waals surface area contributed by atoms with Crippen molar-refractivity contribution < 1.29 is 31.2 Å². The van der Waals surface area contributed by atoms with Crippen LogP contribution in [0.4, 0.5) is 13.2 Å². The van der Waals surface area contributed by atoms with Crippen molar-refractivity contribution in [3.63, 3.8) is 0 Å². The number of piperidine rings is 1. The lowest BCUT2D eigenvalue weighted by Gasteiger charge is -2.34. The molecule has 0 unspecified atom stereocenters. The molecule has 1 N–H and O–H groups in total. The quantitative estimate of drug-likeness (QED) is 0.602. The van der Waals surface area contributed by atoms with E-state index in [-0.39, 0.29) is 22.2 Å². The van der Waals surface area contributed by atoms with Crippen molar-refractivity contribution >= 4 is 37.8 Å². The average Bonchev–Trinajstić information content (AvgIpc) is 3.21. The normalized spacial score (nSPS) is 20.6. The van der Waals surface area contributed by atoms with Gasteiger partial charge in [0.05, 0.1) is 16.4 Å². The number of sulfonamides is 1. The van der Waals surface area contributed by atoms with Gasteiger partial charge in [0.25, 0.3) is 0 Å². The Labute approximate surface area is 206 Å². The van der Waals surface area contributed by atoms with Gasteiger partial charge in [-0.15, -0.1) is 0 Å². The molecule has 12 heteroatoms. The van der Waals surface area contributed by atoms with Gasteiger partial charge in [-0.05, 0) is 37.5 Å². The van der Waals surface area contributed by atoms with Gasteiger partial charge in [-0.1, -0.05) is 36.7 Å². The van der Waals surface area contributed by atoms with Crippen molar-refractivity contribution in [2.24, 2.45) is 11.3 Å². The largest absolute Gasteiger partial charge is 0.417 e. The zero-order valence-corrected chi connectivity index (χ0v) is 21.7. The topological polar surface area (TPSA) is 86.8 Å². The molecule has 7 nitrogen and oxygen atoms in total. The Morgan fingerprint density at radius 3 is 2.18 bits per heavy atom. The number of nitrogens with one attached hydrogen (secondary N) is 1. The Morgan fingerprint density at radius 2 is 1.62 bits per heavy atom. The predicted octanol–water partition coefficient (Wildman–Crippen LogP) is 3.63. The van der Waals surface area contributed by atoms with Crippen LogP contribution >= 0.6 is 15.9 Å². The summed E-state index contributed by atoms with van der Waals surface area (Å²) in [7, 11) is -4.41. The zero-order chi connectivity index (χ0) is 25.5. The van der Waals surface area contributed by atoms with Crippen molar-refractivity contribution in [3.05, 3.63) is 28.2 Å². The van der Waals surface area contributed by atoms with Crippen LogP contribution in [0.25, 0.3) is 0 Å². The highest BCUT2D eigenvalue weighted by Gasteiger charge is 2.40. The minimum absolute atomic E-state index is 0.00193. The number of amides is 2. The number of nitrogens with zero attached hydrogens (tertiary/aromatic N) is 2. The summed E-state index contributed by atoms with van der Waals surface area (Å²) in [5.74, 6) is -0.364. The minimum atomic E-state index is -4.83. The van der Waals surface area contributed by atoms with E-state index in [0.717, 1.165) is 12.1 Å². The number of alkyl halides is 3. The second-order valence-electron chi connectivity index (χ2n) is 9.85. The molecule has 2 heterocycles. The molecule has 0 aliphatic carbocycles. The fraction of sp³-hybridized carbons (Fsp3) is 0.636. The minimum Gasteiger partial charge on any atom is -0.342 e. The van der Waals surface area contributed by atoms with E-state index in [9.17, 15) is 31.2 Å². The molecule has 0 aromatic heterocycles. The first-order valence-corrected chi connectivity index (χ1v) is 13.3. The van der Waals surface area contributed by atoms with E-state index in [4.69, 9.17) is 0 Å². The second kappa shape index (κ2) is 9.77. The van der Waals surface area contributed by atoms with Crippen LogP contribution in [0.2, 0.25) is 0 Å². The Morgan fingerprint density at radius 1 is 1.03 bits per heavy atom. The number of hydrogen-bond acceptors (Lipinski definition) is 4. The van der Waals surface area contributed by atoms with Crippen LogP contribution in [0.3, 0.4) is 0 Å². The second-order valence-corrected chi connectivity index (χ2v) is 12.4. The lowest BCUT2D eigenvalue weighted by Crippen LogP contribution is -2.48. The Bertz CT molecular complexity index is 1050. The van der Waals surface area contributed by atoms with Crippen LogP contribution in [0.15, 0.2) is 27.6 Å². The van der Waals surface area contributed by atoms with Crippen molar-refractivity contribution in [1.82, 2.24) is 14.5 Å². The molecule has 1 atom stereocenters. The van der Waals surface area contributed by atoms with Gasteiger partial charge in [-0.3, -0.25) is 9.59 Å². The summed E-state index contributed by atoms with van der Waals surface area (Å²) in [5.41, 5.74) is -1.76. The van der Waals surface area contributed by atoms with Crippen molar-refractivity contribution in [1.29, 1.82) is 0 Å². The van der Waals surface area contributed by atoms with Gasteiger partial charge in [0, 0.05) is 42.1 Å². The standard InChI is InChI=1S/C22H29BrF3N3O4S/c1-21(2,3)20(31)29-9-6-14(13-29)19(30)28-10-7-16(8-11-28)27-34(32,33)18-5-4-15(23)12-17(18)22(24,25)26/h4-5,12,14,16,27H,6-11,13H2,1-3H3/t14-/m0/s1. The van der Waals surface area contributed by atoms with Gasteiger partial charge in [0.1, 0.15) is 0 Å². The monoisotopic (exact) mass is 567 g/mol. The van der Waals surface area contributed by atoms with E-state index >= 15 is 0 Å². The third kappa shape index (κ3) is 6.12. The SMILES string of the molecule is CC(C)(C)C(=O)N1CC[C@H](C(=O)N2CCC(NS(=O)(=O)c3ccc(Br)cc3C(F)(F)F)CC2)C1. The van der Waals surface area contributed by atoms with E-state index in [2.05, 4.69) is 20.7 Å². The lowest BCUT2D eigenvalue weighted by atomic mass is 9.95. The molecule has 0 radical (unpaired) electrons. The van der Waals surface area contributed by atoms with Crippen LogP contribution in [0.5, 0.6) is 0 Å². The molecular formula is C22H29BrF3N3O4S. The molecule has 0 bridgehead atoms. The maximum absolute atomic E-state index is 13.4. The van der Waals surface area contributed by atoms with Gasteiger partial charge in [-0.25, -0.2) is 13.1 Å². The first-order valence-electron chi connectivity index (χ1n) is 11.1. The molecule has 190 valence electrons. The Kier molecular flexibility index (Phi) is 7.74. The van der Waals surface area contributed by atoms with Crippen molar-refractivity contribution in [2.45, 2.75) is 57.1 Å². The number of carbonyl (C=O) groups is 2. The molecule has 3 rings (SSSR count). The lowest BCUT2D eigenvalue weighted by molar-refractivity contribution is -0.141. The van der Waals surface area contributed by atoms with Gasteiger partial charge in [-0.2, -0.15) is 13.2 Å². The summed E-state index contributed by atoms with van der Waals surface area (Å²) >= 11 is 2.95. The van der Waals surface area contributed by atoms with Crippen LogP contribution in [-0.4, -0.2) is 62.3 Å². The molecular weight excluding hydrogens is 539 g/mol. The maximum Gasteiger partial charge on any atom is 0.417 e. The van der Waals surface area contributed by atoms with E-state index in [1.54, 1.807) is 9.80 Å². The van der Waals surface area contributed by atoms with Crippen LogP contribution < -0.4 is 4.72 Å². The molecule has 2 saturated heterocycles. The molecule has 1 aromatic carbocycles. The average molecular weight is 568 g/mol. The highest BCUT2D eigenvalue weighted by Crippen LogP contribution is 2.36. The van der Waals surface area contributed by atoms with Gasteiger partial charge in [0.15, 0.2) is 0 Å². The zero-order valence-electron chi connectivity index (χ0n) is 19.3. The van der Waals surface area contributed by atoms with E-state index in [1.807, 2.05) is 20.8 Å². The van der Waals surface area contributed by atoms with E-state index in [0.29, 0.717) is 45.4 Å². The number of hydrogen-bond donors (Lipinski definition) is 1. The number of rotatable bonds is 4. The van der Waals surface area contributed by atoms with Crippen molar-refractivity contribution in [3.8, 4) is 0 Å². The molecule has 34 heavy (non-hydrogen) atoms. The van der Waals surface area contributed by atoms with Gasteiger partial charge >= 0.3 is 6.18 Å². The highest BCUT2D eigenvalue weighted by atomic mass is 79.9. The molecule has 2 aliphatic rings. The summed E-state index contributed by atoms with van der Waals surface area (Å²) < 4.78 is 68.1. The first-order chi connectivity index (χ1) is 15.6. The number of halogens is 4. The van der Waals surface area contributed by atoms with Crippen LogP contribution in [0, 0.1) is 11.3 Å². The summed E-state index contributed by atoms with van der Waals surface area (Å²) in [6.07, 6.45) is -3.66. The van der Waals surface area contributed by atoms with Crippen LogP contribution in [0.1, 0.15) is 45.6 Å². The third-order valence-electron chi connectivity index (χ3n) is 6.13. The number of likely N-dealkylation sites (tertiary alicyclic amines) is 2. The summed E-state index contributed by atoms with van der Waals surface area (Å²) in [6, 6.07) is 2.34. The summed E-state index contributed by atoms with van der Waals surface area (Å²) in [6.45, 7) is 6.99. The summed E-state index contributed by atoms with van der Waals surface area (Å²) in [5, 5.41) is 0. The fourth-order valence-corrected chi connectivity index (χ4v) is 6.21. The number of benzene rings is 1. The van der Waals surface area contributed by atoms with E-state index in [1.165, 1.54) is 6.07 Å². The smallest absolute Gasteiger partial charge is 0.342 e. The number of carbonyl (C=O) groups excluding carboxylic acids is 2. The molecule has 2 amide bonds. The predicted molar refractivity (Wildman–Crippen MR) is 123 cm³/mol. The van der Waals surface area contributed by atoms with Crippen LogP contribution in [-0.2, 0) is 25.8 Å². The van der Waals surface area contributed by atoms with Gasteiger partial charge in [0.2, 0.25) is 21.8 Å².